The summed E-state index contributed by atoms with van der Waals surface area (Å²) in [4.78, 5) is 0. The molecule has 0 spiro atoms. The largest absolute Gasteiger partial charge is 0.496 e. The van der Waals surface area contributed by atoms with E-state index >= 15 is 0 Å². The summed E-state index contributed by atoms with van der Waals surface area (Å²) in [6, 6.07) is 5.38. The van der Waals surface area contributed by atoms with Crippen molar-refractivity contribution in [1.29, 1.82) is 0 Å². The van der Waals surface area contributed by atoms with Crippen LogP contribution in [0.4, 0.5) is 4.39 Å². The van der Waals surface area contributed by atoms with Crippen molar-refractivity contribution in [2.75, 3.05) is 7.11 Å². The van der Waals surface area contributed by atoms with Crippen LogP contribution in [0.15, 0.2) is 18.2 Å². The lowest BCUT2D eigenvalue weighted by Gasteiger charge is -2.22. The SMILES string of the molecule is COc1cccc(F)c1C(C)NC(C)C1CC1. The van der Waals surface area contributed by atoms with Crippen LogP contribution in [-0.4, -0.2) is 13.2 Å². The second-order valence-corrected chi connectivity index (χ2v) is 4.87. The molecule has 2 nitrogen and oxygen atoms in total. The lowest BCUT2D eigenvalue weighted by atomic mass is 10.0. The van der Waals surface area contributed by atoms with Gasteiger partial charge in [-0.1, -0.05) is 6.07 Å². The second kappa shape index (κ2) is 5.05. The molecule has 0 radical (unpaired) electrons. The summed E-state index contributed by atoms with van der Waals surface area (Å²) in [7, 11) is 1.58. The summed E-state index contributed by atoms with van der Waals surface area (Å²) in [5, 5.41) is 3.45. The van der Waals surface area contributed by atoms with Crippen LogP contribution in [0.1, 0.15) is 38.3 Å². The highest BCUT2D eigenvalue weighted by Gasteiger charge is 2.29. The molecule has 1 aromatic rings. The summed E-state index contributed by atoms with van der Waals surface area (Å²) in [6.07, 6.45) is 2.57. The number of hydrogen-bond acceptors (Lipinski definition) is 2. The number of ether oxygens (including phenoxy) is 1. The summed E-state index contributed by atoms with van der Waals surface area (Å²) < 4.78 is 19.1. The Kier molecular flexibility index (Phi) is 3.67. The minimum atomic E-state index is -0.202. The standard InChI is InChI=1S/C14H20FNO/c1-9(11-7-8-11)16-10(2)14-12(15)5-4-6-13(14)17-3/h4-6,9-11,16H,7-8H2,1-3H3. The van der Waals surface area contributed by atoms with Crippen LogP contribution in [-0.2, 0) is 0 Å². The molecule has 17 heavy (non-hydrogen) atoms. The highest BCUT2D eigenvalue weighted by molar-refractivity contribution is 5.37. The fraction of sp³-hybridized carbons (Fsp3) is 0.571. The molecule has 1 aromatic carbocycles. The van der Waals surface area contributed by atoms with E-state index in [1.807, 2.05) is 6.92 Å². The molecule has 0 heterocycles. The maximum absolute atomic E-state index is 13.8. The first-order valence-corrected chi connectivity index (χ1v) is 6.22. The number of benzene rings is 1. The molecule has 3 heteroatoms. The predicted molar refractivity (Wildman–Crippen MR) is 66.7 cm³/mol. The van der Waals surface area contributed by atoms with Gasteiger partial charge in [0.1, 0.15) is 11.6 Å². The first kappa shape index (κ1) is 12.4. The Morgan fingerprint density at radius 3 is 2.65 bits per heavy atom. The number of rotatable bonds is 5. The van der Waals surface area contributed by atoms with Crippen LogP contribution in [0.5, 0.6) is 5.75 Å². The third-order valence-electron chi connectivity index (χ3n) is 3.51. The molecule has 0 aromatic heterocycles. The normalized spacial score (nSPS) is 18.8. The third-order valence-corrected chi connectivity index (χ3v) is 3.51. The van der Waals surface area contributed by atoms with Crippen molar-refractivity contribution in [1.82, 2.24) is 5.32 Å². The van der Waals surface area contributed by atoms with Crippen LogP contribution in [0.3, 0.4) is 0 Å². The van der Waals surface area contributed by atoms with Gasteiger partial charge in [0.05, 0.1) is 7.11 Å². The van der Waals surface area contributed by atoms with Crippen molar-refractivity contribution in [2.45, 2.75) is 38.8 Å². The van der Waals surface area contributed by atoms with E-state index in [-0.39, 0.29) is 11.9 Å². The third kappa shape index (κ3) is 2.78. The van der Waals surface area contributed by atoms with Crippen molar-refractivity contribution in [3.63, 3.8) is 0 Å². The first-order chi connectivity index (χ1) is 8.13. The number of nitrogens with one attached hydrogen (secondary N) is 1. The Bertz CT molecular complexity index is 390. The second-order valence-electron chi connectivity index (χ2n) is 4.87. The number of hydrogen-bond donors (Lipinski definition) is 1. The van der Waals surface area contributed by atoms with Crippen LogP contribution < -0.4 is 10.1 Å². The topological polar surface area (TPSA) is 21.3 Å². The van der Waals surface area contributed by atoms with Gasteiger partial charge in [-0.05, 0) is 44.7 Å². The van der Waals surface area contributed by atoms with Gasteiger partial charge in [0.2, 0.25) is 0 Å². The monoisotopic (exact) mass is 237 g/mol. The Morgan fingerprint density at radius 1 is 1.35 bits per heavy atom. The summed E-state index contributed by atoms with van der Waals surface area (Å²) in [5.41, 5.74) is 0.627. The molecule has 1 fully saturated rings. The average molecular weight is 237 g/mol. The molecule has 1 aliphatic carbocycles. The lowest BCUT2D eigenvalue weighted by Crippen LogP contribution is -2.31. The molecule has 1 aliphatic rings. The fourth-order valence-electron chi connectivity index (χ4n) is 2.33. The Labute approximate surface area is 102 Å². The molecule has 2 unspecified atom stereocenters. The van der Waals surface area contributed by atoms with E-state index in [4.69, 9.17) is 4.74 Å². The Hall–Kier alpha value is -1.09. The summed E-state index contributed by atoms with van der Waals surface area (Å²) in [6.45, 7) is 4.15. The van der Waals surface area contributed by atoms with Gasteiger partial charge in [-0.3, -0.25) is 0 Å². The lowest BCUT2D eigenvalue weighted by molar-refractivity contribution is 0.379. The summed E-state index contributed by atoms with van der Waals surface area (Å²) >= 11 is 0. The van der Waals surface area contributed by atoms with Gasteiger partial charge >= 0.3 is 0 Å². The maximum Gasteiger partial charge on any atom is 0.131 e. The first-order valence-electron chi connectivity index (χ1n) is 6.22. The van der Waals surface area contributed by atoms with Gasteiger partial charge in [-0.15, -0.1) is 0 Å². The fourth-order valence-corrected chi connectivity index (χ4v) is 2.33. The zero-order chi connectivity index (χ0) is 12.4. The van der Waals surface area contributed by atoms with Gasteiger partial charge < -0.3 is 10.1 Å². The van der Waals surface area contributed by atoms with E-state index in [1.165, 1.54) is 18.9 Å². The number of halogens is 1. The Morgan fingerprint density at radius 2 is 2.06 bits per heavy atom. The summed E-state index contributed by atoms with van der Waals surface area (Å²) in [5.74, 6) is 1.18. The predicted octanol–water partition coefficient (Wildman–Crippen LogP) is 3.28. The molecule has 1 saturated carbocycles. The molecule has 2 rings (SSSR count). The minimum absolute atomic E-state index is 0.0262. The van der Waals surface area contributed by atoms with Crippen LogP contribution in [0.2, 0.25) is 0 Å². The quantitative estimate of drug-likeness (QED) is 0.848. The molecule has 0 saturated heterocycles. The minimum Gasteiger partial charge on any atom is -0.496 e. The van der Waals surface area contributed by atoms with Gasteiger partial charge in [0, 0.05) is 17.6 Å². The number of methoxy groups -OCH3 is 1. The van der Waals surface area contributed by atoms with Crippen LogP contribution >= 0.6 is 0 Å². The Balaban J connectivity index is 2.14. The van der Waals surface area contributed by atoms with Gasteiger partial charge in [-0.25, -0.2) is 4.39 Å². The molecule has 0 bridgehead atoms. The molecule has 94 valence electrons. The van der Waals surface area contributed by atoms with Crippen molar-refractivity contribution >= 4 is 0 Å². The highest BCUT2D eigenvalue weighted by Crippen LogP contribution is 2.34. The van der Waals surface area contributed by atoms with E-state index in [0.29, 0.717) is 17.4 Å². The van der Waals surface area contributed by atoms with Crippen molar-refractivity contribution in [2.24, 2.45) is 5.92 Å². The molecular weight excluding hydrogens is 217 g/mol. The maximum atomic E-state index is 13.8. The van der Waals surface area contributed by atoms with E-state index in [1.54, 1.807) is 19.2 Å². The van der Waals surface area contributed by atoms with E-state index in [2.05, 4.69) is 12.2 Å². The zero-order valence-corrected chi connectivity index (χ0v) is 10.7. The van der Waals surface area contributed by atoms with Crippen molar-refractivity contribution in [3.8, 4) is 5.75 Å². The van der Waals surface area contributed by atoms with Crippen LogP contribution in [0, 0.1) is 11.7 Å². The van der Waals surface area contributed by atoms with Gasteiger partial charge in [0.15, 0.2) is 0 Å². The zero-order valence-electron chi connectivity index (χ0n) is 10.7. The smallest absolute Gasteiger partial charge is 0.131 e. The van der Waals surface area contributed by atoms with Crippen molar-refractivity contribution < 1.29 is 9.13 Å². The molecule has 1 N–H and O–H groups in total. The van der Waals surface area contributed by atoms with E-state index in [0.717, 1.165) is 5.92 Å². The molecule has 0 amide bonds. The molecule has 2 atom stereocenters. The van der Waals surface area contributed by atoms with Crippen molar-refractivity contribution in [3.05, 3.63) is 29.6 Å². The van der Waals surface area contributed by atoms with Gasteiger partial charge in [0.25, 0.3) is 0 Å². The average Bonchev–Trinajstić information content (AvgIpc) is 3.11. The molecular formula is C14H20FNO. The highest BCUT2D eigenvalue weighted by atomic mass is 19.1. The molecule has 0 aliphatic heterocycles. The van der Waals surface area contributed by atoms with Crippen LogP contribution in [0.25, 0.3) is 0 Å². The van der Waals surface area contributed by atoms with E-state index < -0.39 is 0 Å². The van der Waals surface area contributed by atoms with Gasteiger partial charge in [-0.2, -0.15) is 0 Å². The van der Waals surface area contributed by atoms with E-state index in [9.17, 15) is 4.39 Å².